The molecule has 2 unspecified atom stereocenters. The maximum absolute atomic E-state index is 11.8. The number of carbonyl (C=O) groups excluding carboxylic acids is 1. The van der Waals surface area contributed by atoms with E-state index >= 15 is 0 Å². The molecule has 8 nitrogen and oxygen atoms in total. The van der Waals surface area contributed by atoms with E-state index in [9.17, 15) is 19.2 Å². The van der Waals surface area contributed by atoms with Crippen molar-refractivity contribution in [2.24, 2.45) is 11.8 Å². The minimum absolute atomic E-state index is 0. The Kier molecular flexibility index (Phi) is 14.4. The number of ether oxygens (including phenoxy) is 1. The molecule has 0 saturated heterocycles. The average molecular weight is 479 g/mol. The van der Waals surface area contributed by atoms with Crippen molar-refractivity contribution in [3.05, 3.63) is 68.5 Å². The highest BCUT2D eigenvalue weighted by Crippen LogP contribution is 2.18. The lowest BCUT2D eigenvalue weighted by Crippen LogP contribution is -2.33. The van der Waals surface area contributed by atoms with Gasteiger partial charge in [-0.15, -0.1) is 0 Å². The van der Waals surface area contributed by atoms with E-state index in [1.54, 1.807) is 40.0 Å². The van der Waals surface area contributed by atoms with E-state index in [0.717, 1.165) is 11.1 Å². The molecule has 1 N–H and O–H groups in total. The number of nitrogens with zero attached hydrogens (tertiary/aromatic N) is 2. The van der Waals surface area contributed by atoms with E-state index in [1.807, 2.05) is 26.8 Å². The highest BCUT2D eigenvalue weighted by Gasteiger charge is 2.26. The molecule has 2 rings (SSSR count). The molecule has 0 aromatic carbocycles. The van der Waals surface area contributed by atoms with E-state index in [0.29, 0.717) is 6.61 Å². The van der Waals surface area contributed by atoms with Gasteiger partial charge in [-0.3, -0.25) is 9.59 Å². The first kappa shape index (κ1) is 33.0. The molecule has 34 heavy (non-hydrogen) atoms. The Bertz CT molecular complexity index is 1040. The van der Waals surface area contributed by atoms with Gasteiger partial charge in [-0.05, 0) is 55.9 Å². The molecule has 2 aromatic heterocycles. The fourth-order valence-electron chi connectivity index (χ4n) is 3.30. The van der Waals surface area contributed by atoms with E-state index in [2.05, 4.69) is 0 Å². The number of carbonyl (C=O) groups is 2. The van der Waals surface area contributed by atoms with Crippen LogP contribution in [0.2, 0.25) is 0 Å². The van der Waals surface area contributed by atoms with Gasteiger partial charge in [0.25, 0.3) is 11.1 Å². The summed E-state index contributed by atoms with van der Waals surface area (Å²) < 4.78 is 7.71. The van der Waals surface area contributed by atoms with Crippen LogP contribution in [0.25, 0.3) is 0 Å². The molecule has 0 bridgehead atoms. The quantitative estimate of drug-likeness (QED) is 0.582. The first-order valence-corrected chi connectivity index (χ1v) is 10.7. The second-order valence-electron chi connectivity index (χ2n) is 8.37. The van der Waals surface area contributed by atoms with E-state index in [-0.39, 0.29) is 43.8 Å². The summed E-state index contributed by atoms with van der Waals surface area (Å²) in [5.41, 5.74) is 1.29. The zero-order valence-electron chi connectivity index (χ0n) is 19.9. The maximum atomic E-state index is 11.8. The smallest absolute Gasteiger partial charge is 0.329 e. The Morgan fingerprint density at radius 3 is 1.53 bits per heavy atom. The lowest BCUT2D eigenvalue weighted by Gasteiger charge is -2.21. The number of carboxylic acids is 1. The van der Waals surface area contributed by atoms with E-state index in [4.69, 9.17) is 9.84 Å². The lowest BCUT2D eigenvalue weighted by molar-refractivity contribution is -0.148. The molecule has 0 spiro atoms. The molecule has 2 heterocycles. The molecule has 2 aromatic rings. The Morgan fingerprint density at radius 1 is 0.853 bits per heavy atom. The van der Waals surface area contributed by atoms with Crippen molar-refractivity contribution in [1.29, 1.82) is 0 Å². The molecule has 0 aliphatic heterocycles. The first-order chi connectivity index (χ1) is 14.9. The molecule has 192 valence electrons. The van der Waals surface area contributed by atoms with Gasteiger partial charge < -0.3 is 19.0 Å². The minimum atomic E-state index is -0.976. The molecular weight excluding hydrogens is 436 g/mol. The van der Waals surface area contributed by atoms with Crippen molar-refractivity contribution in [2.75, 3.05) is 6.61 Å². The van der Waals surface area contributed by atoms with Gasteiger partial charge in [-0.1, -0.05) is 42.5 Å². The van der Waals surface area contributed by atoms with Crippen molar-refractivity contribution in [1.82, 2.24) is 9.13 Å². The Labute approximate surface area is 203 Å². The number of carboxylic acid groups (broad SMARTS) is 1. The Morgan fingerprint density at radius 2 is 1.24 bits per heavy atom. The third kappa shape index (κ3) is 9.00. The average Bonchev–Trinajstić information content (AvgIpc) is 2.66. The molecule has 0 radical (unpaired) electrons. The van der Waals surface area contributed by atoms with Crippen molar-refractivity contribution in [3.8, 4) is 0 Å². The van der Waals surface area contributed by atoms with Gasteiger partial charge in [0.15, 0.2) is 0 Å². The maximum Gasteiger partial charge on any atom is 0.329 e. The number of aryl methyl sites for hydroxylation is 2. The summed E-state index contributed by atoms with van der Waals surface area (Å²) in [5.74, 6) is -1.44. The van der Waals surface area contributed by atoms with Crippen LogP contribution in [0.4, 0.5) is 0 Å². The minimum Gasteiger partial charge on any atom is -0.480 e. The second-order valence-corrected chi connectivity index (χ2v) is 8.37. The molecule has 0 saturated carbocycles. The van der Waals surface area contributed by atoms with Crippen LogP contribution < -0.4 is 11.1 Å². The third-order valence-corrected chi connectivity index (χ3v) is 4.85. The van der Waals surface area contributed by atoms with Crippen LogP contribution in [0, 0.1) is 25.7 Å². The number of aliphatic carboxylic acids is 1. The number of hydrogen-bond donors (Lipinski definition) is 1. The van der Waals surface area contributed by atoms with Crippen LogP contribution in [0.3, 0.4) is 0 Å². The van der Waals surface area contributed by atoms with Gasteiger partial charge in [0, 0.05) is 24.5 Å². The number of rotatable bonds is 7. The number of pyridine rings is 2. The number of aromatic nitrogens is 2. The van der Waals surface area contributed by atoms with Crippen molar-refractivity contribution in [2.45, 2.75) is 75.4 Å². The largest absolute Gasteiger partial charge is 0.480 e. The molecule has 8 heteroatoms. The zero-order valence-corrected chi connectivity index (χ0v) is 19.9. The van der Waals surface area contributed by atoms with Crippen LogP contribution in [-0.4, -0.2) is 32.8 Å². The summed E-state index contributed by atoms with van der Waals surface area (Å²) in [7, 11) is 0. The fourth-order valence-corrected chi connectivity index (χ4v) is 3.30. The Balaban J connectivity index is 0. The van der Waals surface area contributed by atoms with E-state index in [1.165, 1.54) is 27.5 Å². The van der Waals surface area contributed by atoms with Crippen molar-refractivity contribution in [3.63, 3.8) is 0 Å². The second kappa shape index (κ2) is 14.9. The summed E-state index contributed by atoms with van der Waals surface area (Å²) >= 11 is 0. The lowest BCUT2D eigenvalue weighted by atomic mass is 10.0. The Hall–Kier alpha value is -3.16. The van der Waals surface area contributed by atoms with Gasteiger partial charge in [0.1, 0.15) is 12.1 Å². The predicted molar refractivity (Wildman–Crippen MR) is 136 cm³/mol. The zero-order chi connectivity index (χ0) is 24.6. The predicted octanol–water partition coefficient (Wildman–Crippen LogP) is 4.63. The molecule has 0 aliphatic carbocycles. The standard InChI is InChI=1S/C13H19NO3.C11H15NO3.2CH4/c1-5-17-13(16)12(9(2)3)14-7-6-10(4)8-11(14)15;1-7(2)10(11(14)15)12-5-4-8(3)6-9(12)13;;/h6-9,12H,5H2,1-4H3;4-7,10H,1-3H3,(H,14,15);2*1H4. The molecule has 0 aliphatic rings. The van der Waals surface area contributed by atoms with E-state index < -0.39 is 18.1 Å². The first-order valence-electron chi connectivity index (χ1n) is 10.7. The summed E-state index contributed by atoms with van der Waals surface area (Å²) in [6, 6.07) is 5.17. The van der Waals surface area contributed by atoms with Crippen molar-refractivity contribution < 1.29 is 19.4 Å². The van der Waals surface area contributed by atoms with Gasteiger partial charge in [0.05, 0.1) is 6.61 Å². The molecule has 0 amide bonds. The molecule has 0 fully saturated rings. The summed E-state index contributed by atoms with van der Waals surface area (Å²) in [6.45, 7) is 13.1. The van der Waals surface area contributed by atoms with Gasteiger partial charge >= 0.3 is 11.9 Å². The third-order valence-electron chi connectivity index (χ3n) is 4.85. The van der Waals surface area contributed by atoms with Crippen LogP contribution in [0.5, 0.6) is 0 Å². The fraction of sp³-hybridized carbons (Fsp3) is 0.538. The molecular formula is C26H42N2O6. The topological polar surface area (TPSA) is 108 Å². The van der Waals surface area contributed by atoms with Crippen molar-refractivity contribution >= 4 is 11.9 Å². The van der Waals surface area contributed by atoms with Gasteiger partial charge in [-0.25, -0.2) is 9.59 Å². The summed E-state index contributed by atoms with van der Waals surface area (Å²) in [6.07, 6.45) is 3.19. The summed E-state index contributed by atoms with van der Waals surface area (Å²) in [5, 5.41) is 9.03. The van der Waals surface area contributed by atoms with Crippen LogP contribution in [0.15, 0.2) is 46.2 Å². The van der Waals surface area contributed by atoms with Crippen LogP contribution in [-0.2, 0) is 14.3 Å². The van der Waals surface area contributed by atoms with Gasteiger partial charge in [-0.2, -0.15) is 0 Å². The monoisotopic (exact) mass is 478 g/mol. The SMILES string of the molecule is C.C.CCOC(=O)C(C(C)C)n1ccc(C)cc1=O.Cc1ccn(C(C(=O)O)C(C)C)c(=O)c1. The van der Waals surface area contributed by atoms with Crippen LogP contribution in [0.1, 0.15) is 72.7 Å². The highest BCUT2D eigenvalue weighted by molar-refractivity contribution is 5.74. The number of esters is 1. The summed E-state index contributed by atoms with van der Waals surface area (Å²) in [4.78, 5) is 46.3. The normalized spacial score (nSPS) is 11.9. The number of hydrogen-bond acceptors (Lipinski definition) is 5. The van der Waals surface area contributed by atoms with Crippen LogP contribution >= 0.6 is 0 Å². The van der Waals surface area contributed by atoms with Gasteiger partial charge in [0.2, 0.25) is 0 Å². The highest BCUT2D eigenvalue weighted by atomic mass is 16.5. The molecule has 2 atom stereocenters.